The number of rotatable bonds is 13. The van der Waals surface area contributed by atoms with Gasteiger partial charge in [0, 0.05) is 50.3 Å². The molecule has 260 valence electrons. The zero-order valence-corrected chi connectivity index (χ0v) is 29.0. The molecule has 3 aromatic rings. The van der Waals surface area contributed by atoms with Crippen LogP contribution < -0.4 is 14.6 Å². The number of hydrogen-bond donors (Lipinski definition) is 2. The number of amides is 2. The first-order valence-electron chi connectivity index (χ1n) is 16.8. The predicted molar refractivity (Wildman–Crippen MR) is 180 cm³/mol. The van der Waals surface area contributed by atoms with E-state index in [-0.39, 0.29) is 36.5 Å². The average molecular weight is 684 g/mol. The molecule has 3 heterocycles. The number of carbonyl (C=O) groups is 2. The molecule has 3 atom stereocenters. The first kappa shape index (κ1) is 34.6. The Hall–Kier alpha value is -3.27. The lowest BCUT2D eigenvalue weighted by Gasteiger charge is -2.49. The molecule has 1 aliphatic heterocycles. The lowest BCUT2D eigenvalue weighted by atomic mass is 9.78. The molecule has 14 heteroatoms. The van der Waals surface area contributed by atoms with Crippen molar-refractivity contribution in [3.63, 3.8) is 0 Å². The minimum atomic E-state index is -0.405. The molecule has 2 saturated carbocycles. The minimum absolute atomic E-state index is 0.00807. The summed E-state index contributed by atoms with van der Waals surface area (Å²) in [6, 6.07) is 4.45. The summed E-state index contributed by atoms with van der Waals surface area (Å²) in [6.45, 7) is 5.54. The van der Waals surface area contributed by atoms with Crippen molar-refractivity contribution in [3.8, 4) is 16.9 Å². The van der Waals surface area contributed by atoms with E-state index in [4.69, 9.17) is 23.9 Å². The second-order valence-electron chi connectivity index (χ2n) is 13.0. The van der Waals surface area contributed by atoms with Crippen LogP contribution in [0.1, 0.15) is 44.9 Å². The van der Waals surface area contributed by atoms with E-state index in [2.05, 4.69) is 22.1 Å². The maximum atomic E-state index is 13.2. The van der Waals surface area contributed by atoms with Crippen molar-refractivity contribution >= 4 is 38.5 Å². The number of aromatic nitrogens is 3. The molecule has 3 fully saturated rings. The highest BCUT2D eigenvalue weighted by atomic mass is 32.1. The highest BCUT2D eigenvalue weighted by Crippen LogP contribution is 2.41. The smallest absolute Gasteiger partial charge is 0.323 e. The van der Waals surface area contributed by atoms with Crippen molar-refractivity contribution in [3.05, 3.63) is 30.4 Å². The summed E-state index contributed by atoms with van der Waals surface area (Å²) in [6.07, 6.45) is 7.46. The van der Waals surface area contributed by atoms with Crippen molar-refractivity contribution in [2.24, 2.45) is 13.0 Å². The number of fused-ring (bicyclic) bond motifs is 1. The number of anilines is 1. The molecule has 1 saturated heterocycles. The summed E-state index contributed by atoms with van der Waals surface area (Å²) in [5.74, 6) is 1.37. The Morgan fingerprint density at radius 1 is 1.17 bits per heavy atom. The van der Waals surface area contributed by atoms with E-state index < -0.39 is 6.10 Å². The predicted octanol–water partition coefficient (Wildman–Crippen LogP) is 2.53. The normalized spacial score (nSPS) is 24.5. The molecule has 0 radical (unpaired) electrons. The minimum Gasteiger partial charge on any atom is -0.495 e. The molecule has 13 nitrogen and oxygen atoms in total. The number of nitrogens with zero attached hydrogens (tertiary/aromatic N) is 5. The molecule has 3 aliphatic rings. The van der Waals surface area contributed by atoms with Gasteiger partial charge in [0.2, 0.25) is 11.8 Å². The Balaban J connectivity index is 1.03. The number of aryl methyl sites for hydroxylation is 1. The molecule has 0 unspecified atom stereocenters. The molecule has 0 spiro atoms. The fourth-order valence-electron chi connectivity index (χ4n) is 6.98. The van der Waals surface area contributed by atoms with Crippen LogP contribution in [0.15, 0.2) is 24.5 Å². The highest BCUT2D eigenvalue weighted by molar-refractivity contribution is 7.22. The quantitative estimate of drug-likeness (QED) is 0.204. The van der Waals surface area contributed by atoms with Crippen LogP contribution in [0.3, 0.4) is 0 Å². The number of ether oxygens (including phenoxy) is 4. The first-order chi connectivity index (χ1) is 23.2. The van der Waals surface area contributed by atoms with E-state index in [0.717, 1.165) is 65.8 Å². The van der Waals surface area contributed by atoms with Gasteiger partial charge in [-0.05, 0) is 51.2 Å². The van der Waals surface area contributed by atoms with Crippen molar-refractivity contribution in [2.45, 2.75) is 69.9 Å². The van der Waals surface area contributed by atoms with Crippen molar-refractivity contribution in [1.29, 1.82) is 0 Å². The van der Waals surface area contributed by atoms with Crippen LogP contribution in [-0.4, -0.2) is 115 Å². The van der Waals surface area contributed by atoms with Crippen LogP contribution in [0.2, 0.25) is 0 Å². The SMILES string of the molecule is COCCOCC(=O)N1CCN(C2CC(C(=O)Nc3nc4ccc(-c5cnc(CO[C@H]6CCC[C@@H]6O)[n+](C)c5)c(OC)c4s3)C2)[C@@H](C)C1. The number of aliphatic hydroxyl groups is 1. The third-order valence-electron chi connectivity index (χ3n) is 9.84. The van der Waals surface area contributed by atoms with Crippen molar-refractivity contribution in [2.75, 3.05) is 59.0 Å². The number of benzene rings is 1. The number of carbonyl (C=O) groups excluding carboxylic acids is 2. The Morgan fingerprint density at radius 3 is 2.71 bits per heavy atom. The zero-order valence-electron chi connectivity index (χ0n) is 28.2. The topological polar surface area (TPSA) is 139 Å². The van der Waals surface area contributed by atoms with Crippen LogP contribution in [0.4, 0.5) is 5.13 Å². The fraction of sp³-hybridized carbons (Fsp3) is 0.618. The van der Waals surface area contributed by atoms with E-state index >= 15 is 0 Å². The third-order valence-corrected chi connectivity index (χ3v) is 10.8. The zero-order chi connectivity index (χ0) is 33.8. The van der Waals surface area contributed by atoms with Gasteiger partial charge in [-0.3, -0.25) is 14.5 Å². The maximum Gasteiger partial charge on any atom is 0.323 e. The van der Waals surface area contributed by atoms with Gasteiger partial charge in [-0.1, -0.05) is 16.3 Å². The van der Waals surface area contributed by atoms with Gasteiger partial charge in [-0.25, -0.2) is 9.55 Å². The van der Waals surface area contributed by atoms with Crippen molar-refractivity contribution in [1.82, 2.24) is 19.8 Å². The fourth-order valence-corrected chi connectivity index (χ4v) is 7.97. The van der Waals surface area contributed by atoms with E-state index in [0.29, 0.717) is 49.8 Å². The Bertz CT molecular complexity index is 1600. The number of hydrogen-bond acceptors (Lipinski definition) is 11. The molecule has 0 bridgehead atoms. The van der Waals surface area contributed by atoms with Crippen LogP contribution in [0.25, 0.3) is 21.3 Å². The molecular formula is C34H47N6O7S+. The van der Waals surface area contributed by atoms with Gasteiger partial charge in [0.15, 0.2) is 17.9 Å². The van der Waals surface area contributed by atoms with E-state index in [9.17, 15) is 14.7 Å². The summed E-state index contributed by atoms with van der Waals surface area (Å²) >= 11 is 1.40. The average Bonchev–Trinajstić information content (AvgIpc) is 3.66. The van der Waals surface area contributed by atoms with E-state index in [1.807, 2.05) is 41.0 Å². The maximum absolute atomic E-state index is 13.2. The van der Waals surface area contributed by atoms with Gasteiger partial charge in [-0.15, -0.1) is 0 Å². The Labute approximate surface area is 285 Å². The van der Waals surface area contributed by atoms with E-state index in [1.54, 1.807) is 14.2 Å². The van der Waals surface area contributed by atoms with Gasteiger partial charge < -0.3 is 34.3 Å². The summed E-state index contributed by atoms with van der Waals surface area (Å²) in [5, 5.41) is 13.7. The second-order valence-corrected chi connectivity index (χ2v) is 14.0. The van der Waals surface area contributed by atoms with Gasteiger partial charge in [0.05, 0.1) is 55.4 Å². The summed E-state index contributed by atoms with van der Waals surface area (Å²) in [4.78, 5) is 39.4. The van der Waals surface area contributed by atoms with Gasteiger partial charge in [0.1, 0.15) is 18.6 Å². The molecule has 48 heavy (non-hydrogen) atoms. The van der Waals surface area contributed by atoms with Gasteiger partial charge in [-0.2, -0.15) is 0 Å². The number of methoxy groups -OCH3 is 2. The molecule has 6 rings (SSSR count). The van der Waals surface area contributed by atoms with Crippen LogP contribution in [-0.2, 0) is 37.5 Å². The monoisotopic (exact) mass is 683 g/mol. The molecule has 2 N–H and O–H groups in total. The number of aliphatic hydroxyl groups excluding tert-OH is 1. The highest BCUT2D eigenvalue weighted by Gasteiger charge is 2.41. The third kappa shape index (κ3) is 7.63. The molecule has 2 amide bonds. The lowest BCUT2D eigenvalue weighted by molar-refractivity contribution is -0.684. The van der Waals surface area contributed by atoms with Crippen LogP contribution in [0.5, 0.6) is 5.75 Å². The standard InChI is InChI=1S/C34H46N6O7S/c1-21-17-39(30(42)20-46-13-12-44-3)10-11-40(21)24-14-22(15-24)33(43)37-34-36-26-9-8-25(31(45-4)32(26)48-34)23-16-35-29(38(2)18-23)19-47-28-7-5-6-27(28)41/h8-9,16,18,21-22,24,27-28,41H,5-7,10-15,17,19-20H2,1-4H3/p+1/t21-,22?,24?,27-,28-/m0/s1. The molecule has 1 aromatic carbocycles. The largest absolute Gasteiger partial charge is 0.495 e. The number of piperazine rings is 1. The summed E-state index contributed by atoms with van der Waals surface area (Å²) in [7, 11) is 5.18. The molecule has 2 aliphatic carbocycles. The van der Waals surface area contributed by atoms with Gasteiger partial charge in [0.25, 0.3) is 0 Å². The van der Waals surface area contributed by atoms with E-state index in [1.165, 1.54) is 11.3 Å². The van der Waals surface area contributed by atoms with Gasteiger partial charge >= 0.3 is 5.82 Å². The summed E-state index contributed by atoms with van der Waals surface area (Å²) < 4.78 is 25.0. The number of thiazole rings is 1. The van der Waals surface area contributed by atoms with Crippen molar-refractivity contribution < 1.29 is 38.2 Å². The first-order valence-corrected chi connectivity index (χ1v) is 17.6. The molecule has 2 aromatic heterocycles. The summed E-state index contributed by atoms with van der Waals surface area (Å²) in [5.41, 5.74) is 2.52. The Kier molecular flexibility index (Phi) is 11.2. The van der Waals surface area contributed by atoms with Crippen LogP contribution in [0, 0.1) is 5.92 Å². The second kappa shape index (κ2) is 15.5. The Morgan fingerprint density at radius 2 is 2.00 bits per heavy atom. The lowest BCUT2D eigenvalue weighted by Crippen LogP contribution is -2.60. The van der Waals surface area contributed by atoms with Crippen LogP contribution >= 0.6 is 11.3 Å². The number of nitrogens with one attached hydrogen (secondary N) is 1. The molecular weight excluding hydrogens is 636 g/mol.